The highest BCUT2D eigenvalue weighted by molar-refractivity contribution is 5.64. The third kappa shape index (κ3) is 8.49. The molecule has 0 saturated carbocycles. The summed E-state index contributed by atoms with van der Waals surface area (Å²) in [4.78, 5) is 14.3. The Morgan fingerprint density at radius 3 is 2.61 bits per heavy atom. The van der Waals surface area contributed by atoms with E-state index < -0.39 is 5.97 Å². The van der Waals surface area contributed by atoms with Crippen LogP contribution in [0.3, 0.4) is 0 Å². The monoisotopic (exact) mass is 326 g/mol. The molecule has 2 unspecified atom stereocenters. The summed E-state index contributed by atoms with van der Waals surface area (Å²) in [6.07, 6.45) is 12.2. The fraction of sp³-hybridized carbons (Fsp3) is 0.833. The van der Waals surface area contributed by atoms with E-state index in [1.807, 2.05) is 6.08 Å². The van der Waals surface area contributed by atoms with Crippen LogP contribution in [0.15, 0.2) is 12.7 Å². The van der Waals surface area contributed by atoms with Gasteiger partial charge in [-0.2, -0.15) is 0 Å². The number of nitrogens with zero attached hydrogens (tertiary/aromatic N) is 1. The number of aliphatic hydroxyl groups is 1. The minimum Gasteiger partial charge on any atom is -0.550 e. The van der Waals surface area contributed by atoms with Crippen LogP contribution in [0.2, 0.25) is 0 Å². The number of carbonyl (C=O) groups excluding carboxylic acids is 1. The lowest BCUT2D eigenvalue weighted by molar-refractivity contribution is -0.918. The van der Waals surface area contributed by atoms with Gasteiger partial charge in [0.25, 0.3) is 0 Å². The highest BCUT2D eigenvalue weighted by Gasteiger charge is 2.34. The predicted molar refractivity (Wildman–Crippen MR) is 89.9 cm³/mol. The van der Waals surface area contributed by atoms with E-state index in [1.165, 1.54) is 43.4 Å². The highest BCUT2D eigenvalue weighted by Crippen LogP contribution is 2.12. The molecule has 134 valence electrons. The van der Waals surface area contributed by atoms with E-state index >= 15 is 0 Å². The molecule has 1 fully saturated rings. The SMILES string of the molecule is C=CCCCCCCCCC1N(CCO)CC[NH+]1CCC(=O)[O-]. The molecule has 0 bridgehead atoms. The number of carboxylic acid groups (broad SMARTS) is 1. The van der Waals surface area contributed by atoms with Gasteiger partial charge >= 0.3 is 0 Å². The molecule has 1 rings (SSSR count). The van der Waals surface area contributed by atoms with Crippen LogP contribution in [0.5, 0.6) is 0 Å². The van der Waals surface area contributed by atoms with Crippen molar-refractivity contribution in [3.8, 4) is 0 Å². The van der Waals surface area contributed by atoms with E-state index in [0.29, 0.717) is 19.3 Å². The Hall–Kier alpha value is -0.910. The lowest BCUT2D eigenvalue weighted by Crippen LogP contribution is -3.14. The second kappa shape index (κ2) is 12.5. The maximum atomic E-state index is 10.7. The number of allylic oxidation sites excluding steroid dienone is 1. The molecule has 5 heteroatoms. The Morgan fingerprint density at radius 2 is 1.96 bits per heavy atom. The first kappa shape index (κ1) is 20.1. The maximum absolute atomic E-state index is 10.7. The molecule has 0 radical (unpaired) electrons. The normalized spacial score (nSPS) is 21.6. The Balaban J connectivity index is 2.24. The molecule has 1 heterocycles. The van der Waals surface area contributed by atoms with Gasteiger partial charge in [0.05, 0.1) is 26.2 Å². The van der Waals surface area contributed by atoms with Crippen molar-refractivity contribution in [1.29, 1.82) is 0 Å². The molecular formula is C18H34N2O3. The fourth-order valence-corrected chi connectivity index (χ4v) is 3.54. The van der Waals surface area contributed by atoms with Gasteiger partial charge in [-0.15, -0.1) is 6.58 Å². The van der Waals surface area contributed by atoms with Gasteiger partial charge in [-0.05, 0) is 19.3 Å². The second-order valence-electron chi connectivity index (χ2n) is 6.54. The average molecular weight is 326 g/mol. The van der Waals surface area contributed by atoms with E-state index in [-0.39, 0.29) is 13.0 Å². The van der Waals surface area contributed by atoms with Gasteiger partial charge in [-0.1, -0.05) is 31.8 Å². The summed E-state index contributed by atoms with van der Waals surface area (Å²) >= 11 is 0. The zero-order valence-electron chi connectivity index (χ0n) is 14.5. The van der Waals surface area contributed by atoms with Crippen molar-refractivity contribution in [2.45, 2.75) is 64.0 Å². The van der Waals surface area contributed by atoms with Crippen molar-refractivity contribution in [2.24, 2.45) is 0 Å². The number of carboxylic acids is 1. The minimum absolute atomic E-state index is 0.127. The number of nitrogens with one attached hydrogen (secondary N) is 1. The molecule has 5 nitrogen and oxygen atoms in total. The smallest absolute Gasteiger partial charge is 0.144 e. The van der Waals surface area contributed by atoms with Crippen LogP contribution in [-0.2, 0) is 4.79 Å². The number of carbonyl (C=O) groups is 1. The minimum atomic E-state index is -0.962. The maximum Gasteiger partial charge on any atom is 0.144 e. The molecule has 23 heavy (non-hydrogen) atoms. The summed E-state index contributed by atoms with van der Waals surface area (Å²) in [5, 5.41) is 19.9. The van der Waals surface area contributed by atoms with Crippen LogP contribution < -0.4 is 10.0 Å². The number of hydrogen-bond donors (Lipinski definition) is 2. The molecule has 0 aliphatic carbocycles. The Labute approximate surface area is 141 Å². The van der Waals surface area contributed by atoms with Crippen molar-refractivity contribution >= 4 is 5.97 Å². The average Bonchev–Trinajstić information content (AvgIpc) is 2.90. The number of unbranched alkanes of at least 4 members (excludes halogenated alkanes) is 6. The van der Waals surface area contributed by atoms with Crippen LogP contribution in [0.1, 0.15) is 57.8 Å². The van der Waals surface area contributed by atoms with E-state index in [4.69, 9.17) is 0 Å². The lowest BCUT2D eigenvalue weighted by atomic mass is 10.1. The molecule has 0 amide bonds. The van der Waals surface area contributed by atoms with E-state index in [0.717, 1.165) is 25.9 Å². The molecule has 1 aliphatic rings. The van der Waals surface area contributed by atoms with Gasteiger partial charge in [0, 0.05) is 25.4 Å². The van der Waals surface area contributed by atoms with E-state index in [2.05, 4.69) is 11.5 Å². The van der Waals surface area contributed by atoms with Crippen LogP contribution >= 0.6 is 0 Å². The number of rotatable bonds is 14. The molecular weight excluding hydrogens is 292 g/mol. The second-order valence-corrected chi connectivity index (χ2v) is 6.54. The fourth-order valence-electron chi connectivity index (χ4n) is 3.54. The van der Waals surface area contributed by atoms with Crippen molar-refractivity contribution in [1.82, 2.24) is 4.90 Å². The standard InChI is InChI=1S/C18H34N2O3/c1-2-3-4-5-6-7-8-9-10-17-19(12-11-18(22)23)13-14-20(17)15-16-21/h2,17,21H,1,3-16H2,(H,22,23). The first-order chi connectivity index (χ1) is 11.2. The first-order valence-electron chi connectivity index (χ1n) is 9.19. The van der Waals surface area contributed by atoms with Crippen LogP contribution in [0.25, 0.3) is 0 Å². The summed E-state index contributed by atoms with van der Waals surface area (Å²) in [5.74, 6) is -0.962. The number of aliphatic carboxylic acids is 1. The van der Waals surface area contributed by atoms with Gasteiger partial charge in [0.2, 0.25) is 0 Å². The molecule has 1 aliphatic heterocycles. The Kier molecular flexibility index (Phi) is 10.9. The molecule has 0 aromatic rings. The molecule has 0 aromatic heterocycles. The van der Waals surface area contributed by atoms with Crippen LogP contribution in [0, 0.1) is 0 Å². The predicted octanol–water partition coefficient (Wildman–Crippen LogP) is -0.0479. The topological polar surface area (TPSA) is 68.0 Å². The first-order valence-corrected chi connectivity index (χ1v) is 9.19. The van der Waals surface area contributed by atoms with Crippen LogP contribution in [0.4, 0.5) is 0 Å². The van der Waals surface area contributed by atoms with Crippen LogP contribution in [-0.4, -0.2) is 54.9 Å². The molecule has 2 N–H and O–H groups in total. The number of aliphatic hydroxyl groups excluding tert-OH is 1. The third-order valence-corrected chi connectivity index (χ3v) is 4.81. The summed E-state index contributed by atoms with van der Waals surface area (Å²) in [7, 11) is 0. The van der Waals surface area contributed by atoms with Crippen molar-refractivity contribution in [2.75, 3.05) is 32.8 Å². The summed E-state index contributed by atoms with van der Waals surface area (Å²) in [6, 6.07) is 0. The molecule has 1 saturated heterocycles. The number of hydrogen-bond acceptors (Lipinski definition) is 4. The van der Waals surface area contributed by atoms with Crippen molar-refractivity contribution in [3.63, 3.8) is 0 Å². The quantitative estimate of drug-likeness (QED) is 0.347. The van der Waals surface area contributed by atoms with Crippen molar-refractivity contribution < 1.29 is 19.9 Å². The van der Waals surface area contributed by atoms with E-state index in [9.17, 15) is 15.0 Å². The molecule has 0 spiro atoms. The molecule has 0 aromatic carbocycles. The Morgan fingerprint density at radius 1 is 1.26 bits per heavy atom. The van der Waals surface area contributed by atoms with Gasteiger partial charge in [0.15, 0.2) is 0 Å². The third-order valence-electron chi connectivity index (χ3n) is 4.81. The van der Waals surface area contributed by atoms with Gasteiger partial charge in [-0.3, -0.25) is 0 Å². The zero-order chi connectivity index (χ0) is 16.9. The number of β-amino-alcohol motifs (C(OH)–C–C–N with tert-alkyl or cyclic N) is 1. The van der Waals surface area contributed by atoms with Gasteiger partial charge in [-0.25, -0.2) is 4.90 Å². The zero-order valence-corrected chi connectivity index (χ0v) is 14.5. The summed E-state index contributed by atoms with van der Waals surface area (Å²) in [5.41, 5.74) is 0. The number of quaternary nitrogens is 1. The summed E-state index contributed by atoms with van der Waals surface area (Å²) < 4.78 is 0. The van der Waals surface area contributed by atoms with E-state index in [1.54, 1.807) is 0 Å². The lowest BCUT2D eigenvalue weighted by Gasteiger charge is -2.27. The van der Waals surface area contributed by atoms with Crippen molar-refractivity contribution in [3.05, 3.63) is 12.7 Å². The largest absolute Gasteiger partial charge is 0.550 e. The molecule has 2 atom stereocenters. The Bertz CT molecular complexity index is 336. The summed E-state index contributed by atoms with van der Waals surface area (Å²) in [6.45, 7) is 7.17. The van der Waals surface area contributed by atoms with Gasteiger partial charge < -0.3 is 19.9 Å². The van der Waals surface area contributed by atoms with Gasteiger partial charge in [0.1, 0.15) is 6.17 Å². The highest BCUT2D eigenvalue weighted by atomic mass is 16.4.